The molecule has 1 heterocycles. The van der Waals surface area contributed by atoms with Crippen LogP contribution in [0.2, 0.25) is 10.0 Å². The van der Waals surface area contributed by atoms with Crippen molar-refractivity contribution in [2.24, 2.45) is 0 Å². The van der Waals surface area contributed by atoms with Gasteiger partial charge in [0, 0.05) is 6.20 Å². The summed E-state index contributed by atoms with van der Waals surface area (Å²) in [6.45, 7) is 3.24. The van der Waals surface area contributed by atoms with Crippen molar-refractivity contribution in [3.63, 3.8) is 0 Å². The number of aliphatic hydroxyl groups excluding tert-OH is 1. The first-order valence-corrected chi connectivity index (χ1v) is 4.01. The van der Waals surface area contributed by atoms with Crippen molar-refractivity contribution < 1.29 is 9.90 Å². The molecule has 0 radical (unpaired) electrons. The molecule has 0 unspecified atom stereocenters. The second-order valence-electron chi connectivity index (χ2n) is 2.25. The molecule has 0 spiro atoms. The third-order valence-corrected chi connectivity index (χ3v) is 2.08. The van der Waals surface area contributed by atoms with Gasteiger partial charge in [0.1, 0.15) is 11.5 Å². The lowest BCUT2D eigenvalue weighted by Crippen LogP contribution is -1.94. The van der Waals surface area contributed by atoms with Gasteiger partial charge in [0.2, 0.25) is 0 Å². The molecule has 0 aliphatic rings. The third kappa shape index (κ3) is 1.82. The second-order valence-corrected chi connectivity index (χ2v) is 3.03. The first kappa shape index (κ1) is 10.0. The standard InChI is InChI=1S/C8H5Cl2NO2/c1-4(13)8-7(10)5(3-12)6(9)2-11-8/h2-3,13H,1H2. The molecule has 1 aromatic rings. The maximum absolute atomic E-state index is 10.5. The molecule has 0 bridgehead atoms. The monoisotopic (exact) mass is 217 g/mol. The first-order valence-electron chi connectivity index (χ1n) is 3.25. The SMILES string of the molecule is C=C(O)c1ncc(Cl)c(C=O)c1Cl. The van der Waals surface area contributed by atoms with Gasteiger partial charge in [-0.2, -0.15) is 0 Å². The van der Waals surface area contributed by atoms with Crippen LogP contribution in [0.3, 0.4) is 0 Å². The molecule has 0 saturated heterocycles. The summed E-state index contributed by atoms with van der Waals surface area (Å²) in [5, 5.41) is 9.17. The van der Waals surface area contributed by atoms with E-state index in [1.807, 2.05) is 0 Å². The van der Waals surface area contributed by atoms with Crippen molar-refractivity contribution in [2.75, 3.05) is 0 Å². The summed E-state index contributed by atoms with van der Waals surface area (Å²) < 4.78 is 0. The topological polar surface area (TPSA) is 50.2 Å². The zero-order valence-corrected chi connectivity index (χ0v) is 7.93. The molecule has 0 atom stereocenters. The molecule has 0 amide bonds. The molecule has 5 heteroatoms. The number of aromatic nitrogens is 1. The number of aliphatic hydroxyl groups is 1. The van der Waals surface area contributed by atoms with Crippen LogP contribution in [-0.2, 0) is 0 Å². The number of nitrogens with zero attached hydrogens (tertiary/aromatic N) is 1. The number of hydrogen-bond donors (Lipinski definition) is 1. The number of aldehydes is 1. The minimum atomic E-state index is -0.301. The van der Waals surface area contributed by atoms with Crippen molar-refractivity contribution in [3.05, 3.63) is 34.1 Å². The van der Waals surface area contributed by atoms with Crippen molar-refractivity contribution in [2.45, 2.75) is 0 Å². The summed E-state index contributed by atoms with van der Waals surface area (Å²) in [6.07, 6.45) is 1.73. The highest BCUT2D eigenvalue weighted by molar-refractivity contribution is 6.39. The largest absolute Gasteiger partial charge is 0.506 e. The molecule has 1 rings (SSSR count). The predicted octanol–water partition coefficient (Wildman–Crippen LogP) is 2.73. The highest BCUT2D eigenvalue weighted by atomic mass is 35.5. The minimum absolute atomic E-state index is 0.00926. The zero-order valence-electron chi connectivity index (χ0n) is 6.42. The molecular weight excluding hydrogens is 213 g/mol. The number of halogens is 2. The molecule has 0 saturated carbocycles. The van der Waals surface area contributed by atoms with E-state index in [1.54, 1.807) is 0 Å². The van der Waals surface area contributed by atoms with Crippen LogP contribution in [-0.4, -0.2) is 16.4 Å². The number of rotatable bonds is 2. The van der Waals surface area contributed by atoms with E-state index < -0.39 is 0 Å². The van der Waals surface area contributed by atoms with Crippen LogP contribution < -0.4 is 0 Å². The number of carbonyl (C=O) groups is 1. The molecule has 68 valence electrons. The van der Waals surface area contributed by atoms with Gasteiger partial charge in [-0.1, -0.05) is 29.8 Å². The van der Waals surface area contributed by atoms with E-state index in [4.69, 9.17) is 28.3 Å². The fraction of sp³-hybridized carbons (Fsp3) is 0. The fourth-order valence-corrected chi connectivity index (χ4v) is 1.33. The average Bonchev–Trinajstić information content (AvgIpc) is 2.04. The fourth-order valence-electron chi connectivity index (χ4n) is 0.789. The van der Waals surface area contributed by atoms with Gasteiger partial charge in [-0.05, 0) is 0 Å². The van der Waals surface area contributed by atoms with Crippen LogP contribution in [0.5, 0.6) is 0 Å². The van der Waals surface area contributed by atoms with Crippen LogP contribution in [0.25, 0.3) is 5.76 Å². The number of pyridine rings is 1. The Balaban J connectivity index is 3.44. The van der Waals surface area contributed by atoms with Crippen molar-refractivity contribution >= 4 is 35.2 Å². The van der Waals surface area contributed by atoms with Gasteiger partial charge in [-0.25, -0.2) is 4.98 Å². The summed E-state index contributed by atoms with van der Waals surface area (Å²) in [5.74, 6) is -0.301. The summed E-state index contributed by atoms with van der Waals surface area (Å²) in [5.41, 5.74) is 0.164. The molecule has 3 nitrogen and oxygen atoms in total. The Labute approximate surface area is 84.6 Å². The summed E-state index contributed by atoms with van der Waals surface area (Å²) in [6, 6.07) is 0. The van der Waals surface area contributed by atoms with Crippen LogP contribution in [0, 0.1) is 0 Å². The lowest BCUT2D eigenvalue weighted by atomic mass is 10.2. The van der Waals surface area contributed by atoms with Gasteiger partial charge < -0.3 is 5.11 Å². The smallest absolute Gasteiger partial charge is 0.153 e. The van der Waals surface area contributed by atoms with Crippen LogP contribution >= 0.6 is 23.2 Å². The van der Waals surface area contributed by atoms with Gasteiger partial charge >= 0.3 is 0 Å². The van der Waals surface area contributed by atoms with Gasteiger partial charge in [0.25, 0.3) is 0 Å². The maximum atomic E-state index is 10.5. The molecule has 0 aliphatic carbocycles. The predicted molar refractivity (Wildman–Crippen MR) is 51.3 cm³/mol. The molecule has 0 fully saturated rings. The van der Waals surface area contributed by atoms with E-state index >= 15 is 0 Å². The Hall–Kier alpha value is -1.06. The molecule has 1 N–H and O–H groups in total. The average molecular weight is 218 g/mol. The Bertz CT molecular complexity index is 377. The molecule has 0 aromatic carbocycles. The number of hydrogen-bond acceptors (Lipinski definition) is 3. The Morgan fingerprint density at radius 2 is 2.23 bits per heavy atom. The summed E-state index contributed by atoms with van der Waals surface area (Å²) in [7, 11) is 0. The molecular formula is C8H5Cl2NO2. The Kier molecular flexibility index (Phi) is 2.90. The van der Waals surface area contributed by atoms with Gasteiger partial charge in [-0.3, -0.25) is 4.79 Å². The zero-order chi connectivity index (χ0) is 10.0. The van der Waals surface area contributed by atoms with Crippen LogP contribution in [0.4, 0.5) is 0 Å². The van der Waals surface area contributed by atoms with E-state index in [-0.39, 0.29) is 27.1 Å². The highest BCUT2D eigenvalue weighted by Gasteiger charge is 2.12. The van der Waals surface area contributed by atoms with Gasteiger partial charge in [0.05, 0.1) is 15.6 Å². The first-order chi connectivity index (χ1) is 6.07. The quantitative estimate of drug-likeness (QED) is 0.613. The number of carbonyl (C=O) groups excluding carboxylic acids is 1. The Morgan fingerprint density at radius 3 is 2.69 bits per heavy atom. The van der Waals surface area contributed by atoms with E-state index in [0.717, 1.165) is 0 Å². The normalized spacial score (nSPS) is 9.69. The van der Waals surface area contributed by atoms with Gasteiger partial charge in [-0.15, -0.1) is 0 Å². The van der Waals surface area contributed by atoms with Crippen LogP contribution in [0.1, 0.15) is 16.1 Å². The second kappa shape index (κ2) is 3.77. The summed E-state index contributed by atoms with van der Waals surface area (Å²) >= 11 is 11.3. The lowest BCUT2D eigenvalue weighted by molar-refractivity contribution is 0.112. The van der Waals surface area contributed by atoms with E-state index in [2.05, 4.69) is 11.6 Å². The highest BCUT2D eigenvalue weighted by Crippen LogP contribution is 2.27. The maximum Gasteiger partial charge on any atom is 0.153 e. The van der Waals surface area contributed by atoms with Crippen molar-refractivity contribution in [1.29, 1.82) is 0 Å². The van der Waals surface area contributed by atoms with Crippen molar-refractivity contribution in [3.8, 4) is 0 Å². The summed E-state index contributed by atoms with van der Waals surface area (Å²) in [4.78, 5) is 14.2. The molecule has 1 aromatic heterocycles. The molecule has 13 heavy (non-hydrogen) atoms. The van der Waals surface area contributed by atoms with E-state index in [9.17, 15) is 4.79 Å². The third-order valence-electron chi connectivity index (χ3n) is 1.40. The van der Waals surface area contributed by atoms with E-state index in [0.29, 0.717) is 6.29 Å². The van der Waals surface area contributed by atoms with Crippen molar-refractivity contribution in [1.82, 2.24) is 4.98 Å². The Morgan fingerprint density at radius 1 is 1.62 bits per heavy atom. The van der Waals surface area contributed by atoms with E-state index in [1.165, 1.54) is 6.20 Å². The molecule has 0 aliphatic heterocycles. The minimum Gasteiger partial charge on any atom is -0.506 e. The lowest BCUT2D eigenvalue weighted by Gasteiger charge is -2.04. The van der Waals surface area contributed by atoms with Crippen LogP contribution in [0.15, 0.2) is 12.8 Å². The van der Waals surface area contributed by atoms with Gasteiger partial charge in [0.15, 0.2) is 6.29 Å².